The Hall–Kier alpha value is -0.870. The van der Waals surface area contributed by atoms with Crippen molar-refractivity contribution in [1.29, 1.82) is 0 Å². The summed E-state index contributed by atoms with van der Waals surface area (Å²) in [5.41, 5.74) is 5.73. The van der Waals surface area contributed by atoms with Gasteiger partial charge in [-0.15, -0.1) is 11.8 Å². The van der Waals surface area contributed by atoms with E-state index in [1.54, 1.807) is 0 Å². The monoisotopic (exact) mass is 267 g/mol. The molecule has 1 aromatic carbocycles. The zero-order valence-corrected chi connectivity index (χ0v) is 11.7. The fourth-order valence-corrected chi connectivity index (χ4v) is 2.73. The summed E-state index contributed by atoms with van der Waals surface area (Å²) in [6, 6.07) is 6.49. The lowest BCUT2D eigenvalue weighted by Gasteiger charge is -2.09. The minimum absolute atomic E-state index is 0.300. The number of hydrogen-bond acceptors (Lipinski definition) is 4. The summed E-state index contributed by atoms with van der Waals surface area (Å²) < 4.78 is 11.3. The predicted molar refractivity (Wildman–Crippen MR) is 75.7 cm³/mol. The van der Waals surface area contributed by atoms with Gasteiger partial charge in [0.05, 0.1) is 13.2 Å². The third kappa shape index (κ3) is 4.10. The molecule has 1 aromatic rings. The molecule has 0 amide bonds. The van der Waals surface area contributed by atoms with E-state index in [1.165, 1.54) is 4.90 Å². The first kappa shape index (κ1) is 13.6. The molecule has 0 saturated heterocycles. The van der Waals surface area contributed by atoms with Crippen molar-refractivity contribution in [3.63, 3.8) is 0 Å². The molecule has 1 atom stereocenters. The number of hydrogen-bond donors (Lipinski definition) is 1. The molecule has 1 aliphatic rings. The van der Waals surface area contributed by atoms with E-state index in [-0.39, 0.29) is 0 Å². The first-order valence-corrected chi connectivity index (χ1v) is 7.52. The third-order valence-electron chi connectivity index (χ3n) is 2.79. The van der Waals surface area contributed by atoms with E-state index in [4.69, 9.17) is 15.2 Å². The van der Waals surface area contributed by atoms with Gasteiger partial charge in [0.15, 0.2) is 11.5 Å². The van der Waals surface area contributed by atoms with E-state index in [2.05, 4.69) is 19.1 Å². The SMILES string of the molecule is CC(N)CCCSc1ccc2c(c1)OCCCO2. The average molecular weight is 267 g/mol. The van der Waals surface area contributed by atoms with E-state index in [0.717, 1.165) is 49.7 Å². The van der Waals surface area contributed by atoms with Crippen LogP contribution in [0.5, 0.6) is 11.5 Å². The van der Waals surface area contributed by atoms with Crippen LogP contribution in [0.15, 0.2) is 23.1 Å². The topological polar surface area (TPSA) is 44.5 Å². The second kappa shape index (κ2) is 6.90. The second-order valence-corrected chi connectivity index (χ2v) is 5.80. The normalized spacial score (nSPS) is 16.1. The number of rotatable bonds is 5. The molecule has 0 aliphatic carbocycles. The maximum Gasteiger partial charge on any atom is 0.162 e. The lowest BCUT2D eigenvalue weighted by molar-refractivity contribution is 0.297. The lowest BCUT2D eigenvalue weighted by Crippen LogP contribution is -2.14. The molecule has 0 bridgehead atoms. The van der Waals surface area contributed by atoms with Gasteiger partial charge in [0, 0.05) is 17.4 Å². The van der Waals surface area contributed by atoms with E-state index >= 15 is 0 Å². The first-order chi connectivity index (χ1) is 8.75. The Bertz CT molecular complexity index is 382. The molecular formula is C14H21NO2S. The van der Waals surface area contributed by atoms with Crippen molar-refractivity contribution in [2.45, 2.75) is 37.1 Å². The van der Waals surface area contributed by atoms with Crippen molar-refractivity contribution in [1.82, 2.24) is 0 Å². The predicted octanol–water partition coefficient (Wildman–Crippen LogP) is 3.07. The molecule has 0 saturated carbocycles. The molecular weight excluding hydrogens is 246 g/mol. The number of benzene rings is 1. The van der Waals surface area contributed by atoms with Gasteiger partial charge in [-0.1, -0.05) is 0 Å². The van der Waals surface area contributed by atoms with Gasteiger partial charge >= 0.3 is 0 Å². The highest BCUT2D eigenvalue weighted by molar-refractivity contribution is 7.99. The highest BCUT2D eigenvalue weighted by Crippen LogP contribution is 2.34. The average Bonchev–Trinajstić information content (AvgIpc) is 2.59. The van der Waals surface area contributed by atoms with Crippen molar-refractivity contribution in [3.8, 4) is 11.5 Å². The molecule has 0 fully saturated rings. The molecule has 3 nitrogen and oxygen atoms in total. The van der Waals surface area contributed by atoms with Crippen LogP contribution < -0.4 is 15.2 Å². The molecule has 2 N–H and O–H groups in total. The van der Waals surface area contributed by atoms with Crippen molar-refractivity contribution in [2.75, 3.05) is 19.0 Å². The Morgan fingerprint density at radius 1 is 1.28 bits per heavy atom. The van der Waals surface area contributed by atoms with Gasteiger partial charge in [-0.25, -0.2) is 0 Å². The van der Waals surface area contributed by atoms with E-state index < -0.39 is 0 Å². The quantitative estimate of drug-likeness (QED) is 0.658. The first-order valence-electron chi connectivity index (χ1n) is 6.54. The number of thioether (sulfide) groups is 1. The van der Waals surface area contributed by atoms with Crippen LogP contribution in [-0.2, 0) is 0 Å². The summed E-state index contributed by atoms with van der Waals surface area (Å²) in [5, 5.41) is 0. The fourth-order valence-electron chi connectivity index (χ4n) is 1.83. The zero-order chi connectivity index (χ0) is 12.8. The van der Waals surface area contributed by atoms with Gasteiger partial charge in [-0.2, -0.15) is 0 Å². The zero-order valence-electron chi connectivity index (χ0n) is 10.9. The molecule has 1 unspecified atom stereocenters. The van der Waals surface area contributed by atoms with Gasteiger partial charge < -0.3 is 15.2 Å². The van der Waals surface area contributed by atoms with Gasteiger partial charge in [0.1, 0.15) is 0 Å². The second-order valence-electron chi connectivity index (χ2n) is 4.63. The third-order valence-corrected chi connectivity index (χ3v) is 3.87. The lowest BCUT2D eigenvalue weighted by atomic mass is 10.2. The van der Waals surface area contributed by atoms with Crippen LogP contribution in [0.2, 0.25) is 0 Å². The standard InChI is InChI=1S/C14H21NO2S/c1-11(15)4-2-9-18-12-5-6-13-14(10-12)17-8-3-7-16-13/h5-6,10-11H,2-4,7-9,15H2,1H3. The maximum atomic E-state index is 5.73. The van der Waals surface area contributed by atoms with Crippen molar-refractivity contribution in [2.24, 2.45) is 5.73 Å². The van der Waals surface area contributed by atoms with Crippen LogP contribution in [0.25, 0.3) is 0 Å². The van der Waals surface area contributed by atoms with Gasteiger partial charge in [0.2, 0.25) is 0 Å². The van der Waals surface area contributed by atoms with E-state index in [0.29, 0.717) is 6.04 Å². The van der Waals surface area contributed by atoms with Crippen LogP contribution in [0.4, 0.5) is 0 Å². The highest BCUT2D eigenvalue weighted by atomic mass is 32.2. The Labute approximate surface area is 113 Å². The Kier molecular flexibility index (Phi) is 5.20. The van der Waals surface area contributed by atoms with Gasteiger partial charge in [0.25, 0.3) is 0 Å². The summed E-state index contributed by atoms with van der Waals surface area (Å²) in [6.45, 7) is 3.54. The number of nitrogens with two attached hydrogens (primary N) is 1. The van der Waals surface area contributed by atoms with Crippen LogP contribution in [0.1, 0.15) is 26.2 Å². The van der Waals surface area contributed by atoms with Crippen LogP contribution >= 0.6 is 11.8 Å². The van der Waals surface area contributed by atoms with Crippen LogP contribution in [-0.4, -0.2) is 25.0 Å². The smallest absolute Gasteiger partial charge is 0.162 e. The molecule has 0 radical (unpaired) electrons. The number of ether oxygens (including phenoxy) is 2. The maximum absolute atomic E-state index is 5.73. The van der Waals surface area contributed by atoms with Gasteiger partial charge in [-0.3, -0.25) is 0 Å². The summed E-state index contributed by atoms with van der Waals surface area (Å²) in [5.74, 6) is 2.85. The summed E-state index contributed by atoms with van der Waals surface area (Å²) in [4.78, 5) is 1.24. The fraction of sp³-hybridized carbons (Fsp3) is 0.571. The Morgan fingerprint density at radius 2 is 2.06 bits per heavy atom. The molecule has 2 rings (SSSR count). The molecule has 0 aromatic heterocycles. The van der Waals surface area contributed by atoms with Crippen molar-refractivity contribution in [3.05, 3.63) is 18.2 Å². The molecule has 1 aliphatic heterocycles. The molecule has 100 valence electrons. The summed E-state index contributed by atoms with van der Waals surface area (Å²) in [6.07, 6.45) is 3.18. The molecule has 1 heterocycles. The Morgan fingerprint density at radius 3 is 2.83 bits per heavy atom. The highest BCUT2D eigenvalue weighted by Gasteiger charge is 2.10. The minimum atomic E-state index is 0.300. The van der Waals surface area contributed by atoms with E-state index in [9.17, 15) is 0 Å². The van der Waals surface area contributed by atoms with Crippen LogP contribution in [0.3, 0.4) is 0 Å². The summed E-state index contributed by atoms with van der Waals surface area (Å²) >= 11 is 1.85. The van der Waals surface area contributed by atoms with Crippen molar-refractivity contribution >= 4 is 11.8 Å². The van der Waals surface area contributed by atoms with Gasteiger partial charge in [-0.05, 0) is 43.7 Å². The Balaban J connectivity index is 1.88. The van der Waals surface area contributed by atoms with E-state index in [1.807, 2.05) is 17.8 Å². The largest absolute Gasteiger partial charge is 0.490 e. The van der Waals surface area contributed by atoms with Crippen LogP contribution in [0, 0.1) is 0 Å². The molecule has 18 heavy (non-hydrogen) atoms. The summed E-state index contributed by atoms with van der Waals surface area (Å²) in [7, 11) is 0. The number of fused-ring (bicyclic) bond motifs is 1. The molecule has 4 heteroatoms. The minimum Gasteiger partial charge on any atom is -0.490 e. The van der Waals surface area contributed by atoms with Crippen molar-refractivity contribution < 1.29 is 9.47 Å². The molecule has 0 spiro atoms.